The Balaban J connectivity index is 0.887. The maximum Gasteiger partial charge on any atom is 0.156 e. The normalized spacial score (nSPS) is 11.8. The Kier molecular flexibility index (Phi) is 8.43. The van der Waals surface area contributed by atoms with E-state index in [1.165, 1.54) is 97.4 Å². The van der Waals surface area contributed by atoms with Crippen LogP contribution < -0.4 is 0 Å². The molecular weight excluding hydrogens is 793 g/mol. The molecule has 0 amide bonds. The number of thiophene rings is 1. The zero-order valence-corrected chi connectivity index (χ0v) is 35.6. The number of aromatic nitrogens is 2. The molecule has 0 aliphatic rings. The van der Waals surface area contributed by atoms with Gasteiger partial charge in [0.1, 0.15) is 0 Å². The first-order valence-corrected chi connectivity index (χ1v) is 22.7. The average molecular weight is 831 g/mol. The van der Waals surface area contributed by atoms with Gasteiger partial charge in [-0.3, -0.25) is 4.40 Å². The molecule has 3 aromatic heterocycles. The molecule has 3 heteroatoms. The van der Waals surface area contributed by atoms with Crippen LogP contribution in [0, 0.1) is 0 Å². The van der Waals surface area contributed by atoms with Gasteiger partial charge < -0.3 is 0 Å². The molecule has 0 saturated carbocycles. The Labute approximate surface area is 374 Å². The van der Waals surface area contributed by atoms with Gasteiger partial charge in [-0.1, -0.05) is 188 Å². The van der Waals surface area contributed by atoms with Crippen molar-refractivity contribution in [2.75, 3.05) is 0 Å². The molecule has 13 aromatic rings. The number of nitrogens with zero attached hydrogens (tertiary/aromatic N) is 2. The van der Waals surface area contributed by atoms with Gasteiger partial charge in [-0.05, 0) is 125 Å². The summed E-state index contributed by atoms with van der Waals surface area (Å²) >= 11 is 1.83. The number of pyridine rings is 1. The summed E-state index contributed by atoms with van der Waals surface area (Å²) in [4.78, 5) is 5.33. The van der Waals surface area contributed by atoms with Crippen LogP contribution in [0.5, 0.6) is 0 Å². The third kappa shape index (κ3) is 6.05. The van der Waals surface area contributed by atoms with Crippen molar-refractivity contribution >= 4 is 69.7 Å². The highest BCUT2D eigenvalue weighted by atomic mass is 32.1. The summed E-state index contributed by atoms with van der Waals surface area (Å²) in [5.41, 5.74) is 17.5. The van der Waals surface area contributed by atoms with E-state index in [-0.39, 0.29) is 0 Å². The molecule has 0 saturated heterocycles. The Morgan fingerprint density at radius 2 is 0.797 bits per heavy atom. The van der Waals surface area contributed by atoms with Gasteiger partial charge >= 0.3 is 0 Å². The second kappa shape index (κ2) is 14.8. The molecule has 0 atom stereocenters. The van der Waals surface area contributed by atoms with Crippen LogP contribution in [-0.2, 0) is 0 Å². The SMILES string of the molecule is c1ccc(-c2cc(-c3ccccc3)cc(-c3ccc(-c4ccc(-c5ccc(-c6cc7c8ccccc8sc7c7nc8cc9ccccc9cc8n67)cc5)c5ccccc45)cc3)c2)cc1. The summed E-state index contributed by atoms with van der Waals surface area (Å²) in [6, 6.07) is 84.2. The molecule has 0 radical (unpaired) electrons. The number of benzene rings is 10. The fourth-order valence-corrected chi connectivity index (χ4v) is 11.0. The predicted molar refractivity (Wildman–Crippen MR) is 273 cm³/mol. The molecule has 0 fully saturated rings. The van der Waals surface area contributed by atoms with Crippen LogP contribution in [0.1, 0.15) is 0 Å². The van der Waals surface area contributed by atoms with E-state index in [1.54, 1.807) is 0 Å². The van der Waals surface area contributed by atoms with Gasteiger partial charge in [-0.15, -0.1) is 11.3 Å². The second-order valence-electron chi connectivity index (χ2n) is 16.7. The highest BCUT2D eigenvalue weighted by molar-refractivity contribution is 7.26. The minimum Gasteiger partial charge on any atom is -0.291 e. The molecule has 64 heavy (non-hydrogen) atoms. The van der Waals surface area contributed by atoms with Gasteiger partial charge in [0.15, 0.2) is 5.65 Å². The summed E-state index contributed by atoms with van der Waals surface area (Å²) in [5.74, 6) is 0. The topological polar surface area (TPSA) is 17.3 Å². The molecule has 298 valence electrons. The Morgan fingerprint density at radius 1 is 0.328 bits per heavy atom. The Morgan fingerprint density at radius 3 is 1.39 bits per heavy atom. The fourth-order valence-electron chi connectivity index (χ4n) is 9.80. The quantitative estimate of drug-likeness (QED) is 0.163. The van der Waals surface area contributed by atoms with Crippen molar-refractivity contribution < 1.29 is 0 Å². The number of fused-ring (bicyclic) bond motifs is 9. The Hall–Kier alpha value is -8.11. The van der Waals surface area contributed by atoms with E-state index in [9.17, 15) is 0 Å². The summed E-state index contributed by atoms with van der Waals surface area (Å²) in [6.07, 6.45) is 0. The number of rotatable bonds is 6. The molecule has 2 nitrogen and oxygen atoms in total. The molecule has 0 aliphatic heterocycles. The lowest BCUT2D eigenvalue weighted by atomic mass is 9.90. The van der Waals surface area contributed by atoms with E-state index in [1.807, 2.05) is 11.3 Å². The van der Waals surface area contributed by atoms with Crippen molar-refractivity contribution in [2.45, 2.75) is 0 Å². The zero-order valence-electron chi connectivity index (χ0n) is 34.7. The van der Waals surface area contributed by atoms with E-state index in [2.05, 4.69) is 235 Å². The molecule has 0 unspecified atom stereocenters. The lowest BCUT2D eigenvalue weighted by Gasteiger charge is -2.14. The van der Waals surface area contributed by atoms with Crippen LogP contribution in [0.25, 0.3) is 125 Å². The number of imidazole rings is 1. The second-order valence-corrected chi connectivity index (χ2v) is 17.8. The standard InChI is InChI=1S/C61H38N2S/c1-3-13-39(14-4-1)47-33-48(40-15-5-2-6-16-40)35-49(34-47)41-23-25-42(26-24-41)50-31-32-51(53-20-10-9-19-52(50)53)43-27-29-44(30-28-43)57-38-55-54-21-11-12-22-59(54)64-60(55)61-62-56-36-45-17-7-8-18-46(45)37-58(56)63(57)61/h1-38H. The van der Waals surface area contributed by atoms with Gasteiger partial charge in [0.05, 0.1) is 21.4 Å². The van der Waals surface area contributed by atoms with Crippen molar-refractivity contribution in [3.63, 3.8) is 0 Å². The van der Waals surface area contributed by atoms with Crippen LogP contribution >= 0.6 is 11.3 Å². The van der Waals surface area contributed by atoms with Crippen molar-refractivity contribution in [3.8, 4) is 66.9 Å². The third-order valence-electron chi connectivity index (χ3n) is 13.0. The molecule has 0 bridgehead atoms. The summed E-state index contributed by atoms with van der Waals surface area (Å²) in [6.45, 7) is 0. The zero-order chi connectivity index (χ0) is 42.1. The molecule has 13 rings (SSSR count). The van der Waals surface area contributed by atoms with Crippen LogP contribution in [-0.4, -0.2) is 9.38 Å². The minimum absolute atomic E-state index is 1.01. The fraction of sp³-hybridized carbons (Fsp3) is 0. The molecule has 10 aromatic carbocycles. The van der Waals surface area contributed by atoms with Gasteiger partial charge in [0.25, 0.3) is 0 Å². The highest BCUT2D eigenvalue weighted by Gasteiger charge is 2.19. The van der Waals surface area contributed by atoms with E-state index >= 15 is 0 Å². The largest absolute Gasteiger partial charge is 0.291 e. The third-order valence-corrected chi connectivity index (χ3v) is 14.2. The van der Waals surface area contributed by atoms with E-state index in [4.69, 9.17) is 4.98 Å². The molecule has 0 spiro atoms. The maximum atomic E-state index is 5.33. The first-order valence-electron chi connectivity index (χ1n) is 21.8. The predicted octanol–water partition coefficient (Wildman–Crippen LogP) is 17.2. The van der Waals surface area contributed by atoms with E-state index in [0.29, 0.717) is 0 Å². The molecule has 3 heterocycles. The lowest BCUT2D eigenvalue weighted by molar-refractivity contribution is 1.25. The number of hydrogen-bond acceptors (Lipinski definition) is 2. The van der Waals surface area contributed by atoms with Crippen molar-refractivity contribution in [1.82, 2.24) is 9.38 Å². The van der Waals surface area contributed by atoms with Crippen molar-refractivity contribution in [1.29, 1.82) is 0 Å². The van der Waals surface area contributed by atoms with E-state index < -0.39 is 0 Å². The van der Waals surface area contributed by atoms with Crippen LogP contribution in [0.4, 0.5) is 0 Å². The summed E-state index contributed by atoms with van der Waals surface area (Å²) in [5, 5.41) is 7.42. The first-order chi connectivity index (χ1) is 31.7. The van der Waals surface area contributed by atoms with Crippen LogP contribution in [0.15, 0.2) is 231 Å². The molecule has 0 N–H and O–H groups in total. The van der Waals surface area contributed by atoms with Crippen molar-refractivity contribution in [3.05, 3.63) is 231 Å². The van der Waals surface area contributed by atoms with Gasteiger partial charge in [-0.25, -0.2) is 4.98 Å². The average Bonchev–Trinajstić information content (AvgIpc) is 3.94. The molecular formula is C61H38N2S. The van der Waals surface area contributed by atoms with Gasteiger partial charge in [0.2, 0.25) is 0 Å². The smallest absolute Gasteiger partial charge is 0.156 e. The van der Waals surface area contributed by atoms with Crippen molar-refractivity contribution in [2.24, 2.45) is 0 Å². The highest BCUT2D eigenvalue weighted by Crippen LogP contribution is 2.43. The minimum atomic E-state index is 1.01. The number of hydrogen-bond donors (Lipinski definition) is 0. The first kappa shape index (κ1) is 36.5. The monoisotopic (exact) mass is 830 g/mol. The lowest BCUT2D eigenvalue weighted by Crippen LogP contribution is -1.93. The van der Waals surface area contributed by atoms with E-state index in [0.717, 1.165) is 27.9 Å². The van der Waals surface area contributed by atoms with Gasteiger partial charge in [0, 0.05) is 15.5 Å². The Bertz CT molecular complexity index is 3850. The summed E-state index contributed by atoms with van der Waals surface area (Å²) in [7, 11) is 0. The molecule has 0 aliphatic carbocycles. The van der Waals surface area contributed by atoms with Gasteiger partial charge in [-0.2, -0.15) is 0 Å². The summed E-state index contributed by atoms with van der Waals surface area (Å²) < 4.78 is 4.88. The van der Waals surface area contributed by atoms with Crippen LogP contribution in [0.3, 0.4) is 0 Å². The van der Waals surface area contributed by atoms with Crippen LogP contribution in [0.2, 0.25) is 0 Å². The maximum absolute atomic E-state index is 5.33.